The number of ether oxygens (including phenoxy) is 2. The Morgan fingerprint density at radius 3 is 2.04 bits per heavy atom. The molecule has 0 saturated heterocycles. The zero-order valence-electron chi connectivity index (χ0n) is 16.2. The molecule has 0 aromatic heterocycles. The minimum Gasteiger partial charge on any atom is -0.454 e. The third kappa shape index (κ3) is 4.91. The molecule has 0 fully saturated rings. The van der Waals surface area contributed by atoms with Crippen molar-refractivity contribution in [3.8, 4) is 0 Å². The SMILES string of the molecule is C/C=C(/C)C(=O)O[C@@H]1C(=O)C(CO)=C[C@@H](OC(=O)/C(C)=C\C)[C@H]1C(C)C. The Balaban J connectivity index is 3.27. The summed E-state index contributed by atoms with van der Waals surface area (Å²) in [6.07, 6.45) is 2.79. The number of rotatable bonds is 6. The average molecular weight is 364 g/mol. The first kappa shape index (κ1) is 21.8. The molecule has 144 valence electrons. The van der Waals surface area contributed by atoms with E-state index in [4.69, 9.17) is 9.47 Å². The van der Waals surface area contributed by atoms with Gasteiger partial charge in [-0.3, -0.25) is 4.79 Å². The van der Waals surface area contributed by atoms with Gasteiger partial charge in [0.25, 0.3) is 0 Å². The van der Waals surface area contributed by atoms with E-state index in [9.17, 15) is 19.5 Å². The maximum absolute atomic E-state index is 12.7. The van der Waals surface area contributed by atoms with Crippen LogP contribution in [0.1, 0.15) is 41.5 Å². The summed E-state index contributed by atoms with van der Waals surface area (Å²) < 4.78 is 11.0. The number of aliphatic hydroxyl groups excluding tert-OH is 1. The highest BCUT2D eigenvalue weighted by Crippen LogP contribution is 2.33. The number of carbonyl (C=O) groups is 3. The van der Waals surface area contributed by atoms with Gasteiger partial charge >= 0.3 is 11.9 Å². The van der Waals surface area contributed by atoms with Gasteiger partial charge in [0.1, 0.15) is 6.10 Å². The van der Waals surface area contributed by atoms with Gasteiger partial charge in [0.2, 0.25) is 5.78 Å². The van der Waals surface area contributed by atoms with Gasteiger partial charge in [-0.25, -0.2) is 9.59 Å². The lowest BCUT2D eigenvalue weighted by molar-refractivity contribution is -0.163. The van der Waals surface area contributed by atoms with E-state index in [0.29, 0.717) is 11.1 Å². The molecule has 0 radical (unpaired) electrons. The van der Waals surface area contributed by atoms with Crippen LogP contribution in [0.2, 0.25) is 0 Å². The van der Waals surface area contributed by atoms with Crippen molar-refractivity contribution in [3.05, 3.63) is 34.9 Å². The molecule has 6 heteroatoms. The van der Waals surface area contributed by atoms with Crippen LogP contribution in [0.25, 0.3) is 0 Å². The molecule has 0 heterocycles. The van der Waals surface area contributed by atoms with Crippen LogP contribution in [-0.2, 0) is 23.9 Å². The monoisotopic (exact) mass is 364 g/mol. The number of aliphatic hydroxyl groups is 1. The molecule has 0 aliphatic heterocycles. The molecule has 0 saturated carbocycles. The van der Waals surface area contributed by atoms with Crippen LogP contribution in [-0.4, -0.2) is 41.6 Å². The molecule has 6 nitrogen and oxygen atoms in total. The molecule has 0 spiro atoms. The van der Waals surface area contributed by atoms with Crippen LogP contribution >= 0.6 is 0 Å². The largest absolute Gasteiger partial charge is 0.454 e. The standard InChI is InChI=1S/C20H28O6/c1-7-12(5)19(23)25-15-9-14(10-21)17(22)18(16(15)11(3)4)26-20(24)13(6)8-2/h7-9,11,15-16,18,21H,10H2,1-6H3/b12-7-,13-8-/t15-,16-,18+/m1/s1. The number of hydrogen-bond donors (Lipinski definition) is 1. The van der Waals surface area contributed by atoms with E-state index in [1.807, 2.05) is 13.8 Å². The predicted octanol–water partition coefficient (Wildman–Crippen LogP) is 2.52. The van der Waals surface area contributed by atoms with E-state index in [0.717, 1.165) is 0 Å². The molecule has 0 bridgehead atoms. The van der Waals surface area contributed by atoms with Crippen LogP contribution in [0, 0.1) is 11.8 Å². The Labute approximate surface area is 154 Å². The third-order valence-corrected chi connectivity index (χ3v) is 4.60. The lowest BCUT2D eigenvalue weighted by Gasteiger charge is -2.37. The van der Waals surface area contributed by atoms with Gasteiger partial charge in [0.05, 0.1) is 6.61 Å². The Morgan fingerprint density at radius 1 is 1.12 bits per heavy atom. The van der Waals surface area contributed by atoms with E-state index >= 15 is 0 Å². The normalized spacial score (nSPS) is 24.4. The van der Waals surface area contributed by atoms with Gasteiger partial charge in [-0.15, -0.1) is 0 Å². The van der Waals surface area contributed by atoms with E-state index in [-0.39, 0.29) is 11.5 Å². The van der Waals surface area contributed by atoms with E-state index in [1.54, 1.807) is 39.8 Å². The Morgan fingerprint density at radius 2 is 1.62 bits per heavy atom. The average Bonchev–Trinajstić information content (AvgIpc) is 2.61. The van der Waals surface area contributed by atoms with Crippen LogP contribution in [0.5, 0.6) is 0 Å². The summed E-state index contributed by atoms with van der Waals surface area (Å²) >= 11 is 0. The van der Waals surface area contributed by atoms with Crippen LogP contribution < -0.4 is 0 Å². The van der Waals surface area contributed by atoms with Crippen LogP contribution in [0.4, 0.5) is 0 Å². The maximum Gasteiger partial charge on any atom is 0.334 e. The van der Waals surface area contributed by atoms with E-state index in [2.05, 4.69) is 0 Å². The quantitative estimate of drug-likeness (QED) is 0.575. The van der Waals surface area contributed by atoms with Gasteiger partial charge in [0, 0.05) is 22.6 Å². The van der Waals surface area contributed by atoms with E-state index in [1.165, 1.54) is 6.08 Å². The number of esters is 2. The van der Waals surface area contributed by atoms with Gasteiger partial charge in [-0.1, -0.05) is 26.0 Å². The molecule has 0 aromatic rings. The minimum absolute atomic E-state index is 0.0776. The molecule has 26 heavy (non-hydrogen) atoms. The first-order chi connectivity index (χ1) is 12.2. The lowest BCUT2D eigenvalue weighted by atomic mass is 9.77. The minimum atomic E-state index is -1.12. The second-order valence-corrected chi connectivity index (χ2v) is 6.67. The number of allylic oxidation sites excluding steroid dienone is 2. The highest BCUT2D eigenvalue weighted by Gasteiger charge is 2.45. The fourth-order valence-corrected chi connectivity index (χ4v) is 2.69. The van der Waals surface area contributed by atoms with Crippen molar-refractivity contribution in [2.75, 3.05) is 6.61 Å². The van der Waals surface area contributed by atoms with Gasteiger partial charge in [-0.05, 0) is 39.7 Å². The second-order valence-electron chi connectivity index (χ2n) is 6.67. The molecule has 0 unspecified atom stereocenters. The van der Waals surface area contributed by atoms with E-state index < -0.39 is 42.5 Å². The summed E-state index contributed by atoms with van der Waals surface area (Å²) in [7, 11) is 0. The first-order valence-electron chi connectivity index (χ1n) is 8.71. The Bertz CT molecular complexity index is 653. The summed E-state index contributed by atoms with van der Waals surface area (Å²) in [6.45, 7) is 9.85. The third-order valence-electron chi connectivity index (χ3n) is 4.60. The molecule has 1 aliphatic carbocycles. The van der Waals surface area contributed by atoms with Crippen molar-refractivity contribution in [1.82, 2.24) is 0 Å². The summed E-state index contributed by atoms with van der Waals surface area (Å²) in [5.74, 6) is -2.23. The molecular weight excluding hydrogens is 336 g/mol. The number of carbonyl (C=O) groups excluding carboxylic acids is 3. The molecule has 0 amide bonds. The fraction of sp³-hybridized carbons (Fsp3) is 0.550. The summed E-state index contributed by atoms with van der Waals surface area (Å²) in [6, 6.07) is 0. The summed E-state index contributed by atoms with van der Waals surface area (Å²) in [4.78, 5) is 37.0. The highest BCUT2D eigenvalue weighted by molar-refractivity contribution is 6.02. The topological polar surface area (TPSA) is 89.9 Å². The molecule has 0 aromatic carbocycles. The molecule has 1 aliphatic rings. The smallest absolute Gasteiger partial charge is 0.334 e. The van der Waals surface area contributed by atoms with Crippen LogP contribution in [0.3, 0.4) is 0 Å². The van der Waals surface area contributed by atoms with Crippen molar-refractivity contribution in [2.45, 2.75) is 53.8 Å². The number of ketones is 1. The predicted molar refractivity (Wildman–Crippen MR) is 97.1 cm³/mol. The van der Waals surface area contributed by atoms with Crippen molar-refractivity contribution in [1.29, 1.82) is 0 Å². The zero-order valence-corrected chi connectivity index (χ0v) is 16.2. The van der Waals surface area contributed by atoms with Crippen LogP contribution in [0.15, 0.2) is 34.9 Å². The molecule has 1 rings (SSSR count). The zero-order chi connectivity index (χ0) is 20.0. The molecular formula is C20H28O6. The Kier molecular flexibility index (Phi) is 7.96. The fourth-order valence-electron chi connectivity index (χ4n) is 2.69. The first-order valence-corrected chi connectivity index (χ1v) is 8.71. The molecule has 3 atom stereocenters. The summed E-state index contributed by atoms with van der Waals surface area (Å²) in [5, 5.41) is 9.51. The van der Waals surface area contributed by atoms with Crippen molar-refractivity contribution in [2.24, 2.45) is 11.8 Å². The van der Waals surface area contributed by atoms with Crippen molar-refractivity contribution < 1.29 is 29.0 Å². The second kappa shape index (κ2) is 9.48. The Hall–Kier alpha value is -2.21. The maximum atomic E-state index is 12.7. The van der Waals surface area contributed by atoms with Gasteiger partial charge in [-0.2, -0.15) is 0 Å². The highest BCUT2D eigenvalue weighted by atomic mass is 16.6. The van der Waals surface area contributed by atoms with Crippen molar-refractivity contribution >= 4 is 17.7 Å². The number of hydrogen-bond acceptors (Lipinski definition) is 6. The number of Topliss-reactive ketones (excluding diaryl/α,β-unsaturated/α-hetero) is 1. The molecule has 1 N–H and O–H groups in total. The summed E-state index contributed by atoms with van der Waals surface area (Å²) in [5.41, 5.74) is 0.883. The lowest BCUT2D eigenvalue weighted by Crippen LogP contribution is -2.49. The van der Waals surface area contributed by atoms with Crippen molar-refractivity contribution in [3.63, 3.8) is 0 Å². The van der Waals surface area contributed by atoms with Gasteiger partial charge in [0.15, 0.2) is 6.10 Å². The van der Waals surface area contributed by atoms with Gasteiger partial charge < -0.3 is 14.6 Å².